The summed E-state index contributed by atoms with van der Waals surface area (Å²) in [5.41, 5.74) is 0. The Bertz CT molecular complexity index is 269. The zero-order valence-corrected chi connectivity index (χ0v) is 12.1. The number of hydrogen-bond donors (Lipinski definition) is 2. The summed E-state index contributed by atoms with van der Waals surface area (Å²) in [5.74, 6) is -0.712. The van der Waals surface area contributed by atoms with Crippen LogP contribution < -0.4 is 0 Å². The average molecular weight is 268 g/mol. The molecule has 1 unspecified atom stereocenters. The first-order valence-electron chi connectivity index (χ1n) is 7.40. The molecule has 0 aliphatic carbocycles. The van der Waals surface area contributed by atoms with Gasteiger partial charge in [0.05, 0.1) is 6.10 Å². The molecule has 0 radical (unpaired) electrons. The van der Waals surface area contributed by atoms with Crippen LogP contribution in [0.1, 0.15) is 64.7 Å². The fraction of sp³-hybridized carbons (Fsp3) is 0.688. The Morgan fingerprint density at radius 3 is 2.58 bits per heavy atom. The van der Waals surface area contributed by atoms with E-state index in [0.717, 1.165) is 38.5 Å². The molecule has 3 nitrogen and oxygen atoms in total. The van der Waals surface area contributed by atoms with Crippen LogP contribution in [0.25, 0.3) is 0 Å². The molecule has 0 aromatic rings. The van der Waals surface area contributed by atoms with Crippen molar-refractivity contribution in [3.05, 3.63) is 24.3 Å². The van der Waals surface area contributed by atoms with E-state index in [0.29, 0.717) is 0 Å². The number of carbonyl (C=O) groups is 1. The van der Waals surface area contributed by atoms with Crippen LogP contribution in [0.2, 0.25) is 0 Å². The molecule has 19 heavy (non-hydrogen) atoms. The maximum absolute atomic E-state index is 10.3. The van der Waals surface area contributed by atoms with E-state index in [1.54, 1.807) is 0 Å². The molecule has 0 saturated carbocycles. The molecular formula is C16H28O3. The molecule has 3 heteroatoms. The first kappa shape index (κ1) is 17.9. The Labute approximate surface area is 117 Å². The molecule has 0 spiro atoms. The van der Waals surface area contributed by atoms with Crippen molar-refractivity contribution in [3.63, 3.8) is 0 Å². The fourth-order valence-electron chi connectivity index (χ4n) is 1.78. The van der Waals surface area contributed by atoms with Crippen LogP contribution in [0.3, 0.4) is 0 Å². The van der Waals surface area contributed by atoms with Crippen molar-refractivity contribution < 1.29 is 15.0 Å². The molecule has 0 rings (SSSR count). The van der Waals surface area contributed by atoms with Gasteiger partial charge in [-0.1, -0.05) is 56.9 Å². The molecule has 0 aliphatic rings. The van der Waals surface area contributed by atoms with Gasteiger partial charge < -0.3 is 10.2 Å². The van der Waals surface area contributed by atoms with Crippen molar-refractivity contribution in [3.8, 4) is 0 Å². The Balaban J connectivity index is 3.43. The van der Waals surface area contributed by atoms with E-state index in [-0.39, 0.29) is 12.5 Å². The van der Waals surface area contributed by atoms with Crippen LogP contribution in [0.5, 0.6) is 0 Å². The number of allylic oxidation sites excluding steroid dienone is 3. The molecular weight excluding hydrogens is 240 g/mol. The lowest BCUT2D eigenvalue weighted by atomic mass is 10.1. The highest BCUT2D eigenvalue weighted by Gasteiger charge is 1.97. The molecule has 2 N–H and O–H groups in total. The third kappa shape index (κ3) is 14.9. The minimum atomic E-state index is -0.712. The second-order valence-electron chi connectivity index (χ2n) is 4.87. The number of carboxylic acids is 1. The van der Waals surface area contributed by atoms with Gasteiger partial charge in [-0.05, 0) is 25.7 Å². The Hall–Kier alpha value is -1.09. The summed E-state index contributed by atoms with van der Waals surface area (Å²) in [4.78, 5) is 10.3. The third-order valence-corrected chi connectivity index (χ3v) is 2.95. The van der Waals surface area contributed by atoms with Gasteiger partial charge in [-0.2, -0.15) is 0 Å². The van der Waals surface area contributed by atoms with Gasteiger partial charge in [0.15, 0.2) is 0 Å². The quantitative estimate of drug-likeness (QED) is 0.414. The van der Waals surface area contributed by atoms with Crippen molar-refractivity contribution in [2.75, 3.05) is 0 Å². The molecule has 0 amide bonds. The van der Waals surface area contributed by atoms with E-state index in [4.69, 9.17) is 5.11 Å². The van der Waals surface area contributed by atoms with Crippen LogP contribution in [0, 0.1) is 0 Å². The summed E-state index contributed by atoms with van der Waals surface area (Å²) in [7, 11) is 0. The van der Waals surface area contributed by atoms with Gasteiger partial charge in [0, 0.05) is 6.42 Å². The first-order chi connectivity index (χ1) is 9.16. The number of hydrogen-bond acceptors (Lipinski definition) is 2. The Kier molecular flexibility index (Phi) is 12.6. The first-order valence-corrected chi connectivity index (χ1v) is 7.40. The maximum atomic E-state index is 10.3. The number of rotatable bonds is 12. The largest absolute Gasteiger partial charge is 0.481 e. The molecule has 110 valence electrons. The van der Waals surface area contributed by atoms with Gasteiger partial charge in [0.2, 0.25) is 0 Å². The number of aliphatic hydroxyl groups excluding tert-OH is 1. The fourth-order valence-corrected chi connectivity index (χ4v) is 1.78. The number of unbranched alkanes of at least 4 members (excludes halogenated alkanes) is 5. The summed E-state index contributed by atoms with van der Waals surface area (Å²) in [5, 5.41) is 18.1. The monoisotopic (exact) mass is 268 g/mol. The third-order valence-electron chi connectivity index (χ3n) is 2.95. The van der Waals surface area contributed by atoms with Crippen LogP contribution in [0.4, 0.5) is 0 Å². The number of aliphatic carboxylic acids is 1. The molecule has 0 saturated heterocycles. The standard InChI is InChI=1S/C16H28O3/c1-2-3-9-12-15(17)13-10-7-5-4-6-8-11-14-16(18)19/h5,7,10,13,15,17H,2-4,6,8-9,11-12,14H2,1H3,(H,18,19)/b7-5+,13-10+. The second kappa shape index (κ2) is 13.3. The van der Waals surface area contributed by atoms with Gasteiger partial charge in [0.1, 0.15) is 0 Å². The van der Waals surface area contributed by atoms with E-state index in [1.165, 1.54) is 12.8 Å². The second-order valence-corrected chi connectivity index (χ2v) is 4.87. The lowest BCUT2D eigenvalue weighted by Gasteiger charge is -2.03. The highest BCUT2D eigenvalue weighted by atomic mass is 16.4. The van der Waals surface area contributed by atoms with Gasteiger partial charge in [-0.25, -0.2) is 0 Å². The van der Waals surface area contributed by atoms with Crippen molar-refractivity contribution in [1.29, 1.82) is 0 Å². The van der Waals surface area contributed by atoms with E-state index in [1.807, 2.05) is 18.2 Å². The average Bonchev–Trinajstić information content (AvgIpc) is 2.36. The predicted molar refractivity (Wildman–Crippen MR) is 79.1 cm³/mol. The topological polar surface area (TPSA) is 57.5 Å². The van der Waals surface area contributed by atoms with E-state index in [9.17, 15) is 9.90 Å². The summed E-state index contributed by atoms with van der Waals surface area (Å²) in [6.07, 6.45) is 15.7. The van der Waals surface area contributed by atoms with E-state index >= 15 is 0 Å². The maximum Gasteiger partial charge on any atom is 0.303 e. The zero-order chi connectivity index (χ0) is 14.3. The Morgan fingerprint density at radius 2 is 1.89 bits per heavy atom. The highest BCUT2D eigenvalue weighted by molar-refractivity contribution is 5.66. The smallest absolute Gasteiger partial charge is 0.303 e. The summed E-state index contributed by atoms with van der Waals surface area (Å²) in [6.45, 7) is 2.15. The van der Waals surface area contributed by atoms with Crippen molar-refractivity contribution in [2.24, 2.45) is 0 Å². The molecule has 1 atom stereocenters. The van der Waals surface area contributed by atoms with Gasteiger partial charge in [-0.3, -0.25) is 4.79 Å². The summed E-state index contributed by atoms with van der Waals surface area (Å²) >= 11 is 0. The van der Waals surface area contributed by atoms with Crippen LogP contribution in [-0.4, -0.2) is 22.3 Å². The normalized spacial score (nSPS) is 13.4. The number of aliphatic hydroxyl groups is 1. The van der Waals surface area contributed by atoms with Crippen LogP contribution >= 0.6 is 0 Å². The molecule has 0 aromatic carbocycles. The summed E-state index contributed by atoms with van der Waals surface area (Å²) in [6, 6.07) is 0. The lowest BCUT2D eigenvalue weighted by Crippen LogP contribution is -2.00. The van der Waals surface area contributed by atoms with Gasteiger partial charge in [-0.15, -0.1) is 0 Å². The van der Waals surface area contributed by atoms with E-state index in [2.05, 4.69) is 13.0 Å². The van der Waals surface area contributed by atoms with Crippen LogP contribution in [0.15, 0.2) is 24.3 Å². The SMILES string of the molecule is CCCCCC(O)/C=C/C=C/CCCCCC(=O)O. The molecule has 0 fully saturated rings. The lowest BCUT2D eigenvalue weighted by molar-refractivity contribution is -0.137. The van der Waals surface area contributed by atoms with Gasteiger partial charge >= 0.3 is 5.97 Å². The molecule has 0 bridgehead atoms. The highest BCUT2D eigenvalue weighted by Crippen LogP contribution is 2.05. The Morgan fingerprint density at radius 1 is 1.11 bits per heavy atom. The van der Waals surface area contributed by atoms with E-state index < -0.39 is 5.97 Å². The molecule has 0 aliphatic heterocycles. The minimum absolute atomic E-state index is 0.271. The van der Waals surface area contributed by atoms with Crippen LogP contribution in [-0.2, 0) is 4.79 Å². The predicted octanol–water partition coefficient (Wildman–Crippen LogP) is 4.08. The van der Waals surface area contributed by atoms with Crippen molar-refractivity contribution in [1.82, 2.24) is 0 Å². The molecule has 0 heterocycles. The molecule has 0 aromatic heterocycles. The van der Waals surface area contributed by atoms with Gasteiger partial charge in [0.25, 0.3) is 0 Å². The van der Waals surface area contributed by atoms with Crippen molar-refractivity contribution in [2.45, 2.75) is 70.8 Å². The number of carboxylic acid groups (broad SMARTS) is 1. The minimum Gasteiger partial charge on any atom is -0.481 e. The zero-order valence-electron chi connectivity index (χ0n) is 12.1. The van der Waals surface area contributed by atoms with Crippen molar-refractivity contribution >= 4 is 5.97 Å². The summed E-state index contributed by atoms with van der Waals surface area (Å²) < 4.78 is 0.